The van der Waals surface area contributed by atoms with E-state index in [0.717, 1.165) is 0 Å². The molecule has 2 N–H and O–H groups in total. The molecule has 2 heterocycles. The highest BCUT2D eigenvalue weighted by Crippen LogP contribution is 2.24. The van der Waals surface area contributed by atoms with Crippen molar-refractivity contribution < 1.29 is 14.3 Å². The van der Waals surface area contributed by atoms with Gasteiger partial charge in [-0.1, -0.05) is 12.1 Å². The van der Waals surface area contributed by atoms with Gasteiger partial charge in [0.1, 0.15) is 6.23 Å². The first-order chi connectivity index (χ1) is 8.66. The Hall–Kier alpha value is -2.08. The van der Waals surface area contributed by atoms with Crippen LogP contribution in [0.15, 0.2) is 33.5 Å². The Morgan fingerprint density at radius 3 is 2.89 bits per heavy atom. The highest BCUT2D eigenvalue weighted by atomic mass is 16.4. The van der Waals surface area contributed by atoms with E-state index >= 15 is 0 Å². The van der Waals surface area contributed by atoms with E-state index in [1.165, 1.54) is 4.57 Å². The average molecular weight is 248 g/mol. The van der Waals surface area contributed by atoms with Crippen LogP contribution in [0.5, 0.6) is 0 Å². The number of carbonyl (C=O) groups excluding carboxylic acids is 1. The van der Waals surface area contributed by atoms with Gasteiger partial charge in [-0.25, -0.2) is 4.79 Å². The van der Waals surface area contributed by atoms with E-state index in [1.807, 2.05) is 0 Å². The average Bonchev–Trinajstić information content (AvgIpc) is 2.66. The zero-order valence-electron chi connectivity index (χ0n) is 9.50. The minimum Gasteiger partial charge on any atom is -0.408 e. The van der Waals surface area contributed by atoms with Crippen molar-refractivity contribution in [1.29, 1.82) is 0 Å². The number of nitrogens with one attached hydrogen (secondary N) is 1. The summed E-state index contributed by atoms with van der Waals surface area (Å²) in [5, 5.41) is 12.3. The molecule has 1 amide bonds. The van der Waals surface area contributed by atoms with Gasteiger partial charge in [0.15, 0.2) is 5.58 Å². The molecular weight excluding hydrogens is 236 g/mol. The molecule has 0 spiro atoms. The lowest BCUT2D eigenvalue weighted by Gasteiger charge is -2.28. The second kappa shape index (κ2) is 3.99. The molecule has 0 saturated carbocycles. The number of carbonyl (C=O) groups is 1. The maximum Gasteiger partial charge on any atom is 0.420 e. The number of hydrogen-bond acceptors (Lipinski definition) is 4. The lowest BCUT2D eigenvalue weighted by molar-refractivity contribution is -0.128. The van der Waals surface area contributed by atoms with Gasteiger partial charge in [-0.15, -0.1) is 0 Å². The van der Waals surface area contributed by atoms with Crippen LogP contribution in [-0.4, -0.2) is 21.8 Å². The van der Waals surface area contributed by atoms with Crippen molar-refractivity contribution in [1.82, 2.24) is 9.88 Å². The van der Waals surface area contributed by atoms with E-state index in [1.54, 1.807) is 24.3 Å². The van der Waals surface area contributed by atoms with Gasteiger partial charge in [-0.2, -0.15) is 0 Å². The van der Waals surface area contributed by atoms with Crippen LogP contribution in [0.25, 0.3) is 11.1 Å². The fourth-order valence-corrected chi connectivity index (χ4v) is 2.34. The fourth-order valence-electron chi connectivity index (χ4n) is 2.34. The van der Waals surface area contributed by atoms with Crippen molar-refractivity contribution in [3.63, 3.8) is 0 Å². The molecule has 1 fully saturated rings. The van der Waals surface area contributed by atoms with Crippen molar-refractivity contribution in [3.05, 3.63) is 34.8 Å². The van der Waals surface area contributed by atoms with Gasteiger partial charge in [-0.3, -0.25) is 9.36 Å². The quantitative estimate of drug-likeness (QED) is 0.763. The van der Waals surface area contributed by atoms with Crippen LogP contribution < -0.4 is 11.1 Å². The van der Waals surface area contributed by atoms with E-state index < -0.39 is 18.0 Å². The lowest BCUT2D eigenvalue weighted by atomic mass is 10.0. The Morgan fingerprint density at radius 2 is 2.11 bits per heavy atom. The van der Waals surface area contributed by atoms with Crippen molar-refractivity contribution >= 4 is 17.0 Å². The molecular formula is C12H12N2O4. The molecule has 2 unspecified atom stereocenters. The van der Waals surface area contributed by atoms with Crippen LogP contribution in [-0.2, 0) is 4.79 Å². The van der Waals surface area contributed by atoms with E-state index in [2.05, 4.69) is 5.32 Å². The summed E-state index contributed by atoms with van der Waals surface area (Å²) in [7, 11) is 0. The number of benzene rings is 1. The van der Waals surface area contributed by atoms with Crippen LogP contribution in [0.1, 0.15) is 18.9 Å². The number of oxazole rings is 1. The van der Waals surface area contributed by atoms with Gasteiger partial charge in [0.25, 0.3) is 0 Å². The SMILES string of the molecule is O=C1CCC(n2c(=O)oc3ccccc32)C(O)N1. The highest BCUT2D eigenvalue weighted by Gasteiger charge is 2.31. The maximum atomic E-state index is 11.8. The molecule has 1 aromatic carbocycles. The number of nitrogens with zero attached hydrogens (tertiary/aromatic N) is 1. The number of hydrogen-bond donors (Lipinski definition) is 2. The van der Waals surface area contributed by atoms with Crippen molar-refractivity contribution in [2.75, 3.05) is 0 Å². The topological polar surface area (TPSA) is 84.5 Å². The normalized spacial score (nSPS) is 24.2. The number of fused-ring (bicyclic) bond motifs is 1. The predicted octanol–water partition coefficient (Wildman–Crippen LogP) is 0.364. The first kappa shape index (κ1) is 11.0. The summed E-state index contributed by atoms with van der Waals surface area (Å²) in [6.45, 7) is 0. The third-order valence-electron chi connectivity index (χ3n) is 3.19. The summed E-state index contributed by atoms with van der Waals surface area (Å²) in [4.78, 5) is 23.0. The Kier molecular flexibility index (Phi) is 2.45. The molecule has 94 valence electrons. The van der Waals surface area contributed by atoms with Crippen molar-refractivity contribution in [3.8, 4) is 0 Å². The molecule has 1 aliphatic rings. The van der Waals surface area contributed by atoms with Crippen LogP contribution in [0.4, 0.5) is 0 Å². The minimum absolute atomic E-state index is 0.209. The Labute approximate surface area is 102 Å². The van der Waals surface area contributed by atoms with Gasteiger partial charge in [-0.05, 0) is 18.6 Å². The molecule has 0 radical (unpaired) electrons. The molecule has 3 rings (SSSR count). The number of para-hydroxylation sites is 2. The van der Waals surface area contributed by atoms with Crippen LogP contribution >= 0.6 is 0 Å². The third-order valence-corrected chi connectivity index (χ3v) is 3.19. The van der Waals surface area contributed by atoms with Gasteiger partial charge >= 0.3 is 5.76 Å². The zero-order chi connectivity index (χ0) is 12.7. The molecule has 1 aromatic heterocycles. The van der Waals surface area contributed by atoms with E-state index in [4.69, 9.17) is 4.42 Å². The highest BCUT2D eigenvalue weighted by molar-refractivity contribution is 5.77. The lowest BCUT2D eigenvalue weighted by Crippen LogP contribution is -2.47. The largest absolute Gasteiger partial charge is 0.420 e. The molecule has 6 heteroatoms. The fraction of sp³-hybridized carbons (Fsp3) is 0.333. The summed E-state index contributed by atoms with van der Waals surface area (Å²) in [6, 6.07) is 6.53. The maximum absolute atomic E-state index is 11.8. The number of rotatable bonds is 1. The van der Waals surface area contributed by atoms with Gasteiger partial charge in [0.05, 0.1) is 11.6 Å². The minimum atomic E-state index is -1.06. The molecule has 1 saturated heterocycles. The number of aliphatic hydroxyl groups excluding tert-OH is 1. The van der Waals surface area contributed by atoms with E-state index in [9.17, 15) is 14.7 Å². The zero-order valence-corrected chi connectivity index (χ0v) is 9.50. The molecule has 2 aromatic rings. The second-order valence-electron chi connectivity index (χ2n) is 4.32. The molecule has 1 aliphatic heterocycles. The number of aliphatic hydroxyl groups is 1. The molecule has 18 heavy (non-hydrogen) atoms. The van der Waals surface area contributed by atoms with Crippen LogP contribution in [0, 0.1) is 0 Å². The molecule has 0 aliphatic carbocycles. The summed E-state index contributed by atoms with van der Waals surface area (Å²) in [6.07, 6.45) is -0.366. The number of piperidine rings is 1. The first-order valence-electron chi connectivity index (χ1n) is 5.74. The van der Waals surface area contributed by atoms with Crippen molar-refractivity contribution in [2.24, 2.45) is 0 Å². The predicted molar refractivity (Wildman–Crippen MR) is 62.9 cm³/mol. The summed E-state index contributed by atoms with van der Waals surface area (Å²) < 4.78 is 6.51. The number of aromatic nitrogens is 1. The molecule has 2 atom stereocenters. The third kappa shape index (κ3) is 1.62. The smallest absolute Gasteiger partial charge is 0.408 e. The van der Waals surface area contributed by atoms with E-state index in [-0.39, 0.29) is 12.3 Å². The van der Waals surface area contributed by atoms with Crippen LogP contribution in [0.2, 0.25) is 0 Å². The van der Waals surface area contributed by atoms with Gasteiger partial charge in [0.2, 0.25) is 5.91 Å². The molecule has 0 bridgehead atoms. The Bertz CT molecular complexity index is 657. The second-order valence-corrected chi connectivity index (χ2v) is 4.32. The summed E-state index contributed by atoms with van der Waals surface area (Å²) in [5.41, 5.74) is 1.11. The summed E-state index contributed by atoms with van der Waals surface area (Å²) in [5.74, 6) is -0.726. The van der Waals surface area contributed by atoms with Gasteiger partial charge in [0, 0.05) is 6.42 Å². The Morgan fingerprint density at radius 1 is 1.33 bits per heavy atom. The van der Waals surface area contributed by atoms with E-state index in [0.29, 0.717) is 17.5 Å². The first-order valence-corrected chi connectivity index (χ1v) is 5.74. The standard InChI is InChI=1S/C12H12N2O4/c15-10-6-5-8(11(16)13-10)14-7-3-1-2-4-9(7)18-12(14)17/h1-4,8,11,16H,5-6H2,(H,13,15). The molecule has 6 nitrogen and oxygen atoms in total. The van der Waals surface area contributed by atoms with Crippen molar-refractivity contribution in [2.45, 2.75) is 25.1 Å². The van der Waals surface area contributed by atoms with Gasteiger partial charge < -0.3 is 14.8 Å². The summed E-state index contributed by atoms with van der Waals surface area (Å²) >= 11 is 0. The monoisotopic (exact) mass is 248 g/mol. The Balaban J connectivity index is 2.11. The number of amides is 1. The van der Waals surface area contributed by atoms with Crippen LogP contribution in [0.3, 0.4) is 0 Å².